The lowest BCUT2D eigenvalue weighted by Crippen LogP contribution is -2.50. The summed E-state index contributed by atoms with van der Waals surface area (Å²) in [5.74, 6) is 5.30. The highest BCUT2D eigenvalue weighted by Gasteiger charge is 2.44. The Bertz CT molecular complexity index is 1050. The molecule has 174 valence electrons. The lowest BCUT2D eigenvalue weighted by atomic mass is 9.76. The van der Waals surface area contributed by atoms with Crippen LogP contribution in [0.3, 0.4) is 0 Å². The van der Waals surface area contributed by atoms with Crippen LogP contribution in [0.15, 0.2) is 53.0 Å². The van der Waals surface area contributed by atoms with Crippen LogP contribution in [0.4, 0.5) is 0 Å². The van der Waals surface area contributed by atoms with Crippen molar-refractivity contribution in [3.63, 3.8) is 0 Å². The van der Waals surface area contributed by atoms with E-state index in [0.717, 1.165) is 5.56 Å². The van der Waals surface area contributed by atoms with E-state index in [9.17, 15) is 14.7 Å². The third-order valence-corrected chi connectivity index (χ3v) is 5.50. The summed E-state index contributed by atoms with van der Waals surface area (Å²) in [5.41, 5.74) is -0.905. The molecule has 33 heavy (non-hydrogen) atoms. The van der Waals surface area contributed by atoms with Gasteiger partial charge in [-0.15, -0.1) is 0 Å². The molecular formula is C27H31NO5. The van der Waals surface area contributed by atoms with Crippen molar-refractivity contribution in [2.75, 3.05) is 19.7 Å². The summed E-state index contributed by atoms with van der Waals surface area (Å²) in [6.07, 6.45) is 5.79. The number of piperidine rings is 1. The average Bonchev–Trinajstić information content (AvgIpc) is 3.27. The second kappa shape index (κ2) is 10.5. The third kappa shape index (κ3) is 6.59. The number of amides is 1. The molecule has 0 unspecified atom stereocenters. The molecule has 1 aromatic carbocycles. The lowest BCUT2D eigenvalue weighted by Gasteiger charge is -2.40. The summed E-state index contributed by atoms with van der Waals surface area (Å²) < 4.78 is 11.0. The standard InChI is InChI=1S/C27H31NO5/c1-4-32-25(30)27(16-8-12-21-10-6-5-7-11-21)17-9-19-28(20-27)24(29)23-14-13-22(33-23)15-18-26(2,3)31/h5-8,10-14,31H,4,9,16-17,19-20H2,1-3H3/b12-8+/t27-/m1/s1. The summed E-state index contributed by atoms with van der Waals surface area (Å²) in [5, 5.41) is 9.76. The number of furan rings is 1. The van der Waals surface area contributed by atoms with E-state index >= 15 is 0 Å². The maximum Gasteiger partial charge on any atom is 0.314 e. The molecule has 0 spiro atoms. The van der Waals surface area contributed by atoms with Gasteiger partial charge in [0.25, 0.3) is 5.91 Å². The number of allylic oxidation sites excluding steroid dienone is 1. The highest BCUT2D eigenvalue weighted by Crippen LogP contribution is 2.36. The number of ether oxygens (including phenoxy) is 1. The molecule has 2 heterocycles. The number of benzene rings is 1. The van der Waals surface area contributed by atoms with Gasteiger partial charge in [-0.05, 0) is 63.7 Å². The quantitative estimate of drug-likeness (QED) is 0.526. The van der Waals surface area contributed by atoms with E-state index in [1.54, 1.807) is 37.8 Å². The minimum atomic E-state index is -1.16. The molecule has 3 rings (SSSR count). The van der Waals surface area contributed by atoms with Crippen LogP contribution in [0.25, 0.3) is 6.08 Å². The first-order valence-corrected chi connectivity index (χ1v) is 11.3. The van der Waals surface area contributed by atoms with Crippen molar-refractivity contribution in [2.24, 2.45) is 5.41 Å². The van der Waals surface area contributed by atoms with Gasteiger partial charge in [-0.1, -0.05) is 48.4 Å². The van der Waals surface area contributed by atoms with Crippen LogP contribution in [0, 0.1) is 17.3 Å². The summed E-state index contributed by atoms with van der Waals surface area (Å²) in [7, 11) is 0. The van der Waals surface area contributed by atoms with Crippen LogP contribution in [0.1, 0.15) is 61.9 Å². The molecule has 1 aromatic heterocycles. The molecule has 6 nitrogen and oxygen atoms in total. The zero-order valence-electron chi connectivity index (χ0n) is 19.5. The van der Waals surface area contributed by atoms with Gasteiger partial charge in [0.1, 0.15) is 5.60 Å². The van der Waals surface area contributed by atoms with Crippen molar-refractivity contribution < 1.29 is 23.8 Å². The van der Waals surface area contributed by atoms with Crippen molar-refractivity contribution in [3.05, 3.63) is 65.6 Å². The van der Waals surface area contributed by atoms with Crippen LogP contribution in [-0.2, 0) is 9.53 Å². The van der Waals surface area contributed by atoms with E-state index < -0.39 is 11.0 Å². The summed E-state index contributed by atoms with van der Waals surface area (Å²) in [6.45, 7) is 6.02. The summed E-state index contributed by atoms with van der Waals surface area (Å²) in [6, 6.07) is 13.1. The fraction of sp³-hybridized carbons (Fsp3) is 0.407. The number of hydrogen-bond acceptors (Lipinski definition) is 5. The molecule has 1 fully saturated rings. The van der Waals surface area contributed by atoms with Crippen LogP contribution < -0.4 is 0 Å². The Hall–Kier alpha value is -3.30. The number of rotatable bonds is 6. The monoisotopic (exact) mass is 449 g/mol. The SMILES string of the molecule is CCOC(=O)[C@]1(C/C=C/c2ccccc2)CCCN(C(=O)c2ccc(C#CC(C)(C)O)o2)C1. The third-order valence-electron chi connectivity index (χ3n) is 5.50. The Morgan fingerprint density at radius 1 is 1.24 bits per heavy atom. The van der Waals surface area contributed by atoms with Crippen molar-refractivity contribution in [1.82, 2.24) is 4.90 Å². The molecule has 1 atom stereocenters. The molecule has 0 radical (unpaired) electrons. The van der Waals surface area contributed by atoms with Crippen LogP contribution in [0.2, 0.25) is 0 Å². The predicted octanol–water partition coefficient (Wildman–Crippen LogP) is 4.29. The number of carbonyl (C=O) groups excluding carboxylic acids is 2. The first-order valence-electron chi connectivity index (χ1n) is 11.3. The number of carbonyl (C=O) groups is 2. The zero-order chi connectivity index (χ0) is 23.9. The van der Waals surface area contributed by atoms with Gasteiger partial charge in [0, 0.05) is 13.1 Å². The second-order valence-corrected chi connectivity index (χ2v) is 8.82. The number of likely N-dealkylation sites (tertiary alicyclic amines) is 1. The lowest BCUT2D eigenvalue weighted by molar-refractivity contribution is -0.158. The first kappa shape index (κ1) is 24.3. The second-order valence-electron chi connectivity index (χ2n) is 8.82. The Morgan fingerprint density at radius 2 is 2.00 bits per heavy atom. The zero-order valence-corrected chi connectivity index (χ0v) is 19.5. The van der Waals surface area contributed by atoms with E-state index in [4.69, 9.17) is 9.15 Å². The van der Waals surface area contributed by atoms with Crippen molar-refractivity contribution in [2.45, 2.75) is 45.6 Å². The van der Waals surface area contributed by atoms with Crippen molar-refractivity contribution in [1.29, 1.82) is 0 Å². The van der Waals surface area contributed by atoms with E-state index in [2.05, 4.69) is 11.8 Å². The van der Waals surface area contributed by atoms with Gasteiger partial charge in [-0.3, -0.25) is 9.59 Å². The molecule has 0 aliphatic carbocycles. The van der Waals surface area contributed by atoms with E-state index in [-0.39, 0.29) is 24.2 Å². The fourth-order valence-corrected chi connectivity index (χ4v) is 3.88. The molecular weight excluding hydrogens is 418 g/mol. The molecule has 1 aliphatic rings. The summed E-state index contributed by atoms with van der Waals surface area (Å²) in [4.78, 5) is 27.8. The number of esters is 1. The van der Waals surface area contributed by atoms with E-state index in [0.29, 0.717) is 38.2 Å². The fourth-order valence-electron chi connectivity index (χ4n) is 3.88. The van der Waals surface area contributed by atoms with Crippen LogP contribution in [0.5, 0.6) is 0 Å². The Balaban J connectivity index is 1.77. The molecule has 0 saturated carbocycles. The molecule has 6 heteroatoms. The topological polar surface area (TPSA) is 80.0 Å². The van der Waals surface area contributed by atoms with Gasteiger partial charge in [-0.25, -0.2) is 0 Å². The maximum atomic E-state index is 13.1. The number of hydrogen-bond donors (Lipinski definition) is 1. The van der Waals surface area contributed by atoms with Crippen molar-refractivity contribution in [3.8, 4) is 11.8 Å². The highest BCUT2D eigenvalue weighted by atomic mass is 16.5. The van der Waals surface area contributed by atoms with Gasteiger partial charge >= 0.3 is 5.97 Å². The van der Waals surface area contributed by atoms with Gasteiger partial charge in [0.2, 0.25) is 0 Å². The Morgan fingerprint density at radius 3 is 2.70 bits per heavy atom. The van der Waals surface area contributed by atoms with Gasteiger partial charge in [-0.2, -0.15) is 0 Å². The number of aliphatic hydroxyl groups is 1. The minimum absolute atomic E-state index is 0.162. The van der Waals surface area contributed by atoms with Crippen LogP contribution in [-0.4, -0.2) is 47.2 Å². The molecule has 0 bridgehead atoms. The van der Waals surface area contributed by atoms with Gasteiger partial charge < -0.3 is 19.2 Å². The molecule has 1 amide bonds. The van der Waals surface area contributed by atoms with Crippen LogP contribution >= 0.6 is 0 Å². The molecule has 1 N–H and O–H groups in total. The maximum absolute atomic E-state index is 13.1. The predicted molar refractivity (Wildman–Crippen MR) is 126 cm³/mol. The Kier molecular flexibility index (Phi) is 7.78. The molecule has 1 saturated heterocycles. The number of nitrogens with zero attached hydrogens (tertiary/aromatic N) is 1. The van der Waals surface area contributed by atoms with E-state index in [1.165, 1.54) is 0 Å². The largest absolute Gasteiger partial charge is 0.466 e. The minimum Gasteiger partial charge on any atom is -0.466 e. The smallest absolute Gasteiger partial charge is 0.314 e. The van der Waals surface area contributed by atoms with Crippen molar-refractivity contribution >= 4 is 18.0 Å². The highest BCUT2D eigenvalue weighted by molar-refractivity contribution is 5.92. The summed E-state index contributed by atoms with van der Waals surface area (Å²) >= 11 is 0. The molecule has 2 aromatic rings. The van der Waals surface area contributed by atoms with Gasteiger partial charge in [0.15, 0.2) is 11.5 Å². The van der Waals surface area contributed by atoms with Gasteiger partial charge in [0.05, 0.1) is 12.0 Å². The normalized spacial score (nSPS) is 18.6. The van der Waals surface area contributed by atoms with E-state index in [1.807, 2.05) is 42.5 Å². The Labute approximate surface area is 195 Å². The first-order chi connectivity index (χ1) is 15.7. The average molecular weight is 450 g/mol. The molecule has 1 aliphatic heterocycles.